The lowest BCUT2D eigenvalue weighted by molar-refractivity contribution is -0.119. The fourth-order valence-corrected chi connectivity index (χ4v) is 4.44. The number of anilines is 1. The number of imide groups is 1. The predicted octanol–water partition coefficient (Wildman–Crippen LogP) is 6.01. The van der Waals surface area contributed by atoms with E-state index in [0.29, 0.717) is 26.9 Å². The Morgan fingerprint density at radius 2 is 1.63 bits per heavy atom. The molecule has 0 bridgehead atoms. The van der Waals surface area contributed by atoms with E-state index in [-0.39, 0.29) is 5.57 Å². The second kappa shape index (κ2) is 8.46. The number of halogens is 2. The summed E-state index contributed by atoms with van der Waals surface area (Å²) in [4.78, 5) is 28.1. The molecule has 4 rings (SSSR count). The number of aryl methyl sites for hydroxylation is 1. The Morgan fingerprint density at radius 1 is 0.933 bits per heavy atom. The van der Waals surface area contributed by atoms with Crippen molar-refractivity contribution < 1.29 is 14.0 Å². The molecule has 1 aliphatic heterocycles. The van der Waals surface area contributed by atoms with E-state index in [9.17, 15) is 14.0 Å². The molecule has 0 spiro atoms. The van der Waals surface area contributed by atoms with Gasteiger partial charge in [0.15, 0.2) is 0 Å². The van der Waals surface area contributed by atoms with Crippen LogP contribution in [0.4, 0.5) is 10.1 Å². The lowest BCUT2D eigenvalue weighted by Gasteiger charge is -2.16. The molecule has 0 atom stereocenters. The molecule has 3 aromatic carbocycles. The number of hydrogen-bond donors (Lipinski definition) is 0. The van der Waals surface area contributed by atoms with Crippen molar-refractivity contribution in [1.82, 2.24) is 0 Å². The van der Waals surface area contributed by atoms with Crippen molar-refractivity contribution >= 4 is 46.4 Å². The summed E-state index contributed by atoms with van der Waals surface area (Å²) in [6.07, 6.45) is 0. The lowest BCUT2D eigenvalue weighted by atomic mass is 10.1. The first kappa shape index (κ1) is 20.4. The van der Waals surface area contributed by atoms with Gasteiger partial charge in [0.1, 0.15) is 5.82 Å². The van der Waals surface area contributed by atoms with Crippen molar-refractivity contribution in [3.05, 3.63) is 105 Å². The molecule has 0 radical (unpaired) electrons. The van der Waals surface area contributed by atoms with Crippen LogP contribution in [-0.4, -0.2) is 11.8 Å². The van der Waals surface area contributed by atoms with E-state index in [0.717, 1.165) is 16.0 Å². The topological polar surface area (TPSA) is 37.4 Å². The minimum atomic E-state index is -0.443. The monoisotopic (exact) mass is 437 g/mol. The molecular weight excluding hydrogens is 421 g/mol. The number of thioether (sulfide) groups is 1. The van der Waals surface area contributed by atoms with E-state index in [1.807, 2.05) is 37.3 Å². The summed E-state index contributed by atoms with van der Waals surface area (Å²) in [5, 5.41) is 0.474. The molecule has 0 fully saturated rings. The third kappa shape index (κ3) is 3.91. The van der Waals surface area contributed by atoms with Gasteiger partial charge in [-0.25, -0.2) is 9.29 Å². The Kier molecular flexibility index (Phi) is 5.75. The Morgan fingerprint density at radius 3 is 2.30 bits per heavy atom. The summed E-state index contributed by atoms with van der Waals surface area (Å²) in [7, 11) is 0. The molecule has 150 valence electrons. The van der Waals surface area contributed by atoms with Crippen molar-refractivity contribution in [3.63, 3.8) is 0 Å². The number of nitrogens with zero attached hydrogens (tertiary/aromatic N) is 1. The third-order valence-corrected chi connectivity index (χ3v) is 6.37. The van der Waals surface area contributed by atoms with Gasteiger partial charge in [0.05, 0.1) is 16.2 Å². The van der Waals surface area contributed by atoms with Crippen LogP contribution in [0.1, 0.15) is 16.7 Å². The van der Waals surface area contributed by atoms with E-state index < -0.39 is 17.6 Å². The fraction of sp³-hybridized carbons (Fsp3) is 0.0833. The highest BCUT2D eigenvalue weighted by Crippen LogP contribution is 2.40. The molecule has 0 aliphatic carbocycles. The fourth-order valence-electron chi connectivity index (χ4n) is 3.20. The summed E-state index contributed by atoms with van der Waals surface area (Å²) >= 11 is 7.53. The first-order chi connectivity index (χ1) is 14.5. The maximum atomic E-state index is 13.4. The second-order valence-electron chi connectivity index (χ2n) is 6.86. The van der Waals surface area contributed by atoms with Crippen LogP contribution in [0.15, 0.2) is 77.7 Å². The van der Waals surface area contributed by atoms with Crippen molar-refractivity contribution in [2.24, 2.45) is 0 Å². The highest BCUT2D eigenvalue weighted by Gasteiger charge is 2.40. The Hall–Kier alpha value is -2.89. The molecular formula is C24H17ClFNO2S. The van der Waals surface area contributed by atoms with Gasteiger partial charge in [0.2, 0.25) is 0 Å². The molecule has 0 saturated carbocycles. The molecule has 0 N–H and O–H groups in total. The van der Waals surface area contributed by atoms with E-state index in [4.69, 9.17) is 11.6 Å². The summed E-state index contributed by atoms with van der Waals surface area (Å²) in [5.41, 5.74) is 3.08. The molecule has 6 heteroatoms. The average Bonchev–Trinajstić information content (AvgIpc) is 2.99. The quantitative estimate of drug-likeness (QED) is 0.459. The number of benzene rings is 3. The standard InChI is InChI=1S/C24H17ClFNO2S/c1-15-7-12-19(13-20(15)25)27-23(28)21(17-8-10-18(26)11-9-17)22(24(27)29)30-14-16-5-3-2-4-6-16/h2-13H,14H2,1H3. The SMILES string of the molecule is Cc1ccc(N2C(=O)C(SCc3ccccc3)=C(c3ccc(F)cc3)C2=O)cc1Cl. The average molecular weight is 438 g/mol. The molecule has 1 heterocycles. The highest BCUT2D eigenvalue weighted by atomic mass is 35.5. The Bertz CT molecular complexity index is 1160. The number of carbonyl (C=O) groups excluding carboxylic acids is 2. The predicted molar refractivity (Wildman–Crippen MR) is 120 cm³/mol. The molecule has 0 saturated heterocycles. The van der Waals surface area contributed by atoms with Crippen LogP contribution in [0.2, 0.25) is 5.02 Å². The maximum Gasteiger partial charge on any atom is 0.272 e. The number of amides is 2. The van der Waals surface area contributed by atoms with Gasteiger partial charge in [-0.3, -0.25) is 9.59 Å². The minimum absolute atomic E-state index is 0.276. The van der Waals surface area contributed by atoms with E-state index >= 15 is 0 Å². The van der Waals surface area contributed by atoms with Gasteiger partial charge < -0.3 is 0 Å². The number of rotatable bonds is 5. The zero-order valence-electron chi connectivity index (χ0n) is 16.1. The van der Waals surface area contributed by atoms with Gasteiger partial charge in [-0.2, -0.15) is 0 Å². The zero-order valence-corrected chi connectivity index (χ0v) is 17.6. The normalized spacial score (nSPS) is 14.0. The van der Waals surface area contributed by atoms with Crippen molar-refractivity contribution in [1.29, 1.82) is 0 Å². The van der Waals surface area contributed by atoms with Crippen LogP contribution >= 0.6 is 23.4 Å². The van der Waals surface area contributed by atoms with Crippen molar-refractivity contribution in [2.75, 3.05) is 4.90 Å². The molecule has 1 aliphatic rings. The van der Waals surface area contributed by atoms with Gasteiger partial charge in [0, 0.05) is 10.8 Å². The van der Waals surface area contributed by atoms with Crippen LogP contribution in [0.5, 0.6) is 0 Å². The van der Waals surface area contributed by atoms with Crippen LogP contribution in [0.3, 0.4) is 0 Å². The summed E-state index contributed by atoms with van der Waals surface area (Å²) in [5.74, 6) is -0.721. The van der Waals surface area contributed by atoms with Crippen LogP contribution in [0, 0.1) is 12.7 Å². The lowest BCUT2D eigenvalue weighted by Crippen LogP contribution is -2.31. The first-order valence-corrected chi connectivity index (χ1v) is 10.6. The Balaban J connectivity index is 1.75. The van der Waals surface area contributed by atoms with Gasteiger partial charge in [-0.1, -0.05) is 60.1 Å². The number of carbonyl (C=O) groups is 2. The summed E-state index contributed by atoms with van der Waals surface area (Å²) in [6, 6.07) is 20.4. The molecule has 3 aromatic rings. The van der Waals surface area contributed by atoms with Crippen LogP contribution < -0.4 is 4.90 Å². The first-order valence-electron chi connectivity index (χ1n) is 9.27. The molecule has 3 nitrogen and oxygen atoms in total. The van der Waals surface area contributed by atoms with E-state index in [1.54, 1.807) is 18.2 Å². The van der Waals surface area contributed by atoms with Crippen LogP contribution in [0.25, 0.3) is 5.57 Å². The van der Waals surface area contributed by atoms with Gasteiger partial charge >= 0.3 is 0 Å². The Labute approximate surface area is 183 Å². The van der Waals surface area contributed by atoms with E-state index in [2.05, 4.69) is 0 Å². The third-order valence-electron chi connectivity index (χ3n) is 4.81. The molecule has 30 heavy (non-hydrogen) atoms. The van der Waals surface area contributed by atoms with Crippen LogP contribution in [-0.2, 0) is 15.3 Å². The smallest absolute Gasteiger partial charge is 0.268 e. The second-order valence-corrected chi connectivity index (χ2v) is 8.26. The zero-order chi connectivity index (χ0) is 21.3. The highest BCUT2D eigenvalue weighted by molar-refractivity contribution is 8.03. The molecule has 2 amide bonds. The summed E-state index contributed by atoms with van der Waals surface area (Å²) in [6.45, 7) is 1.85. The minimum Gasteiger partial charge on any atom is -0.268 e. The molecule has 0 unspecified atom stereocenters. The van der Waals surface area contributed by atoms with Gasteiger partial charge in [-0.05, 0) is 47.9 Å². The molecule has 0 aromatic heterocycles. The van der Waals surface area contributed by atoms with Crippen molar-refractivity contribution in [3.8, 4) is 0 Å². The van der Waals surface area contributed by atoms with Crippen molar-refractivity contribution in [2.45, 2.75) is 12.7 Å². The van der Waals surface area contributed by atoms with Gasteiger partial charge in [0.25, 0.3) is 11.8 Å². The largest absolute Gasteiger partial charge is 0.272 e. The summed E-state index contributed by atoms with van der Waals surface area (Å²) < 4.78 is 13.4. The number of hydrogen-bond acceptors (Lipinski definition) is 3. The maximum absolute atomic E-state index is 13.4. The van der Waals surface area contributed by atoms with Gasteiger partial charge in [-0.15, -0.1) is 11.8 Å². The van der Waals surface area contributed by atoms with E-state index in [1.165, 1.54) is 36.0 Å².